The maximum atomic E-state index is 9.22. The summed E-state index contributed by atoms with van der Waals surface area (Å²) in [5.74, 6) is 1.43. The topological polar surface area (TPSA) is 58.9 Å². The van der Waals surface area contributed by atoms with Gasteiger partial charge in [0.15, 0.2) is 0 Å². The van der Waals surface area contributed by atoms with Crippen LogP contribution in [0, 0.1) is 0 Å². The minimum absolute atomic E-state index is 0.268. The van der Waals surface area contributed by atoms with Gasteiger partial charge in [-0.25, -0.2) is 0 Å². The second kappa shape index (κ2) is 6.59. The predicted octanol–water partition coefficient (Wildman–Crippen LogP) is 2.36. The summed E-state index contributed by atoms with van der Waals surface area (Å²) in [5.41, 5.74) is 0. The molecule has 2 N–H and O–H groups in total. The number of rotatable bonds is 6. The van der Waals surface area contributed by atoms with Gasteiger partial charge < -0.3 is 19.7 Å². The number of aliphatic hydroxyl groups is 2. The Kier molecular flexibility index (Phi) is 4.82. The van der Waals surface area contributed by atoms with Gasteiger partial charge in [0.25, 0.3) is 0 Å². The largest absolute Gasteiger partial charge is 0.491 e. The van der Waals surface area contributed by atoms with Crippen molar-refractivity contribution in [2.75, 3.05) is 13.2 Å². The third kappa shape index (κ3) is 4.11. The number of aliphatic hydroxyl groups excluding tert-OH is 2. The highest BCUT2D eigenvalue weighted by atomic mass is 16.5. The average molecular weight is 276 g/mol. The molecule has 0 fully saturated rings. The van der Waals surface area contributed by atoms with Gasteiger partial charge in [0, 0.05) is 0 Å². The average Bonchev–Trinajstić information content (AvgIpc) is 2.42. The Balaban J connectivity index is 2.16. The van der Waals surface area contributed by atoms with Crippen molar-refractivity contribution in [3.8, 4) is 11.5 Å². The second-order valence-electron chi connectivity index (χ2n) is 4.99. The molecular weight excluding hydrogens is 256 g/mol. The van der Waals surface area contributed by atoms with Gasteiger partial charge in [-0.1, -0.05) is 12.1 Å². The van der Waals surface area contributed by atoms with E-state index in [0.29, 0.717) is 11.5 Å². The van der Waals surface area contributed by atoms with E-state index in [2.05, 4.69) is 0 Å². The van der Waals surface area contributed by atoms with Crippen LogP contribution in [0.4, 0.5) is 0 Å². The zero-order valence-electron chi connectivity index (χ0n) is 11.7. The van der Waals surface area contributed by atoms with Crippen LogP contribution in [-0.4, -0.2) is 35.6 Å². The Bertz CT molecular complexity index is 517. The molecule has 2 unspecified atom stereocenters. The van der Waals surface area contributed by atoms with Crippen LogP contribution in [-0.2, 0) is 0 Å². The molecule has 0 radical (unpaired) electrons. The number of ether oxygens (including phenoxy) is 2. The molecule has 0 aliphatic rings. The fourth-order valence-electron chi connectivity index (χ4n) is 1.82. The summed E-state index contributed by atoms with van der Waals surface area (Å²) in [4.78, 5) is 0. The number of hydrogen-bond donors (Lipinski definition) is 2. The monoisotopic (exact) mass is 276 g/mol. The SMILES string of the molecule is CC(O)COc1ccc2ccc(OCC(C)O)cc2c1. The van der Waals surface area contributed by atoms with Gasteiger partial charge in [0.2, 0.25) is 0 Å². The smallest absolute Gasteiger partial charge is 0.120 e. The van der Waals surface area contributed by atoms with Gasteiger partial charge in [0.1, 0.15) is 24.7 Å². The second-order valence-corrected chi connectivity index (χ2v) is 4.99. The normalized spacial score (nSPS) is 14.0. The molecule has 0 aromatic heterocycles. The Labute approximate surface area is 118 Å². The Hall–Kier alpha value is -1.78. The maximum Gasteiger partial charge on any atom is 0.120 e. The fourth-order valence-corrected chi connectivity index (χ4v) is 1.82. The first-order valence-electron chi connectivity index (χ1n) is 6.70. The summed E-state index contributed by atoms with van der Waals surface area (Å²) >= 11 is 0. The lowest BCUT2D eigenvalue weighted by Crippen LogP contribution is -2.13. The molecular formula is C16H20O4. The van der Waals surface area contributed by atoms with Gasteiger partial charge in [0.05, 0.1) is 12.2 Å². The van der Waals surface area contributed by atoms with Crippen LogP contribution in [0.2, 0.25) is 0 Å². The van der Waals surface area contributed by atoms with E-state index in [1.807, 2.05) is 36.4 Å². The van der Waals surface area contributed by atoms with Gasteiger partial charge in [-0.3, -0.25) is 0 Å². The van der Waals surface area contributed by atoms with Crippen molar-refractivity contribution in [3.05, 3.63) is 36.4 Å². The third-order valence-corrected chi connectivity index (χ3v) is 2.77. The molecule has 2 aromatic rings. The molecule has 0 spiro atoms. The standard InChI is InChI=1S/C16H20O4/c1-11(17)9-19-15-5-3-13-4-6-16(8-14(13)7-15)20-10-12(2)18/h3-8,11-12,17-18H,9-10H2,1-2H3. The molecule has 0 saturated carbocycles. The van der Waals surface area contributed by atoms with Crippen molar-refractivity contribution < 1.29 is 19.7 Å². The van der Waals surface area contributed by atoms with E-state index in [9.17, 15) is 10.2 Å². The highest BCUT2D eigenvalue weighted by molar-refractivity contribution is 5.85. The van der Waals surface area contributed by atoms with E-state index >= 15 is 0 Å². The van der Waals surface area contributed by atoms with Gasteiger partial charge >= 0.3 is 0 Å². The van der Waals surface area contributed by atoms with Gasteiger partial charge in [-0.05, 0) is 48.9 Å². The summed E-state index contributed by atoms with van der Waals surface area (Å²) in [7, 11) is 0. The quantitative estimate of drug-likeness (QED) is 0.850. The first-order valence-corrected chi connectivity index (χ1v) is 6.70. The van der Waals surface area contributed by atoms with Crippen LogP contribution in [0.25, 0.3) is 10.8 Å². The first-order chi connectivity index (χ1) is 9.54. The third-order valence-electron chi connectivity index (χ3n) is 2.77. The van der Waals surface area contributed by atoms with Crippen molar-refractivity contribution in [1.29, 1.82) is 0 Å². The number of fused-ring (bicyclic) bond motifs is 1. The Morgan fingerprint density at radius 1 is 0.800 bits per heavy atom. The minimum atomic E-state index is -0.494. The van der Waals surface area contributed by atoms with E-state index in [1.54, 1.807) is 13.8 Å². The van der Waals surface area contributed by atoms with E-state index in [0.717, 1.165) is 10.8 Å². The highest BCUT2D eigenvalue weighted by Crippen LogP contribution is 2.25. The van der Waals surface area contributed by atoms with Crippen molar-refractivity contribution in [2.45, 2.75) is 26.1 Å². The van der Waals surface area contributed by atoms with Crippen molar-refractivity contribution in [3.63, 3.8) is 0 Å². The fraction of sp³-hybridized carbons (Fsp3) is 0.375. The lowest BCUT2D eigenvalue weighted by Gasteiger charge is -2.11. The molecule has 2 atom stereocenters. The molecule has 0 aliphatic heterocycles. The summed E-state index contributed by atoms with van der Waals surface area (Å²) in [6.45, 7) is 3.90. The summed E-state index contributed by atoms with van der Waals surface area (Å²) in [6.07, 6.45) is -0.988. The van der Waals surface area contributed by atoms with E-state index in [-0.39, 0.29) is 13.2 Å². The van der Waals surface area contributed by atoms with Crippen LogP contribution < -0.4 is 9.47 Å². The minimum Gasteiger partial charge on any atom is -0.491 e. The van der Waals surface area contributed by atoms with Crippen LogP contribution in [0.5, 0.6) is 11.5 Å². The Morgan fingerprint density at radius 2 is 1.25 bits per heavy atom. The molecule has 2 rings (SSSR count). The summed E-state index contributed by atoms with van der Waals surface area (Å²) < 4.78 is 11.0. The van der Waals surface area contributed by atoms with Gasteiger partial charge in [-0.15, -0.1) is 0 Å². The molecule has 20 heavy (non-hydrogen) atoms. The highest BCUT2D eigenvalue weighted by Gasteiger charge is 2.03. The maximum absolute atomic E-state index is 9.22. The van der Waals surface area contributed by atoms with Crippen molar-refractivity contribution in [1.82, 2.24) is 0 Å². The molecule has 0 saturated heterocycles. The zero-order chi connectivity index (χ0) is 14.5. The molecule has 0 aliphatic carbocycles. The van der Waals surface area contributed by atoms with Crippen molar-refractivity contribution in [2.24, 2.45) is 0 Å². The molecule has 108 valence electrons. The van der Waals surface area contributed by atoms with Crippen molar-refractivity contribution >= 4 is 10.8 Å². The zero-order valence-corrected chi connectivity index (χ0v) is 11.7. The van der Waals surface area contributed by atoms with E-state index in [1.165, 1.54) is 0 Å². The summed E-state index contributed by atoms with van der Waals surface area (Å²) in [6, 6.07) is 11.5. The van der Waals surface area contributed by atoms with E-state index in [4.69, 9.17) is 9.47 Å². The van der Waals surface area contributed by atoms with E-state index < -0.39 is 12.2 Å². The predicted molar refractivity (Wildman–Crippen MR) is 78.3 cm³/mol. The summed E-state index contributed by atoms with van der Waals surface area (Å²) in [5, 5.41) is 20.5. The lowest BCUT2D eigenvalue weighted by atomic mass is 10.1. The van der Waals surface area contributed by atoms with Crippen LogP contribution in [0.1, 0.15) is 13.8 Å². The first kappa shape index (κ1) is 14.6. The molecule has 0 amide bonds. The Morgan fingerprint density at radius 3 is 1.65 bits per heavy atom. The molecule has 2 aromatic carbocycles. The molecule has 4 nitrogen and oxygen atoms in total. The lowest BCUT2D eigenvalue weighted by molar-refractivity contribution is 0.122. The molecule has 0 bridgehead atoms. The van der Waals surface area contributed by atoms with Gasteiger partial charge in [-0.2, -0.15) is 0 Å². The van der Waals surface area contributed by atoms with Crippen LogP contribution in [0.15, 0.2) is 36.4 Å². The number of hydrogen-bond acceptors (Lipinski definition) is 4. The molecule has 4 heteroatoms. The molecule has 0 heterocycles. The van der Waals surface area contributed by atoms with Crippen LogP contribution in [0.3, 0.4) is 0 Å². The van der Waals surface area contributed by atoms with Crippen LogP contribution >= 0.6 is 0 Å². The number of benzene rings is 2.